The molecule has 2 heterocycles. The molecule has 0 unspecified atom stereocenters. The largest absolute Gasteiger partial charge is 0.305 e. The first-order valence-electron chi connectivity index (χ1n) is 9.93. The van der Waals surface area contributed by atoms with E-state index in [0.29, 0.717) is 5.92 Å². The maximum atomic E-state index is 4.43. The van der Waals surface area contributed by atoms with Crippen molar-refractivity contribution in [1.29, 1.82) is 0 Å². The molecule has 4 rings (SSSR count). The minimum absolute atomic E-state index is 0. The first-order valence-corrected chi connectivity index (χ1v) is 9.93. The SMILES string of the molecule is Cc1cc[c-]c(-c2cc(CC(C)C)ccn2)c1.[Ir].[c-]1ccccc1-c1ccccn1. The van der Waals surface area contributed by atoms with Crippen LogP contribution in [0.4, 0.5) is 0 Å². The summed E-state index contributed by atoms with van der Waals surface area (Å²) in [4.78, 5) is 8.64. The van der Waals surface area contributed by atoms with Crippen molar-refractivity contribution >= 4 is 0 Å². The topological polar surface area (TPSA) is 25.8 Å². The summed E-state index contributed by atoms with van der Waals surface area (Å²) in [7, 11) is 0. The molecule has 2 nitrogen and oxygen atoms in total. The molecule has 0 bridgehead atoms. The quantitative estimate of drug-likeness (QED) is 0.258. The van der Waals surface area contributed by atoms with Gasteiger partial charge in [-0.1, -0.05) is 44.5 Å². The number of aryl methyl sites for hydroxylation is 1. The van der Waals surface area contributed by atoms with E-state index in [0.717, 1.165) is 28.9 Å². The second-order valence-electron chi connectivity index (χ2n) is 7.42. The van der Waals surface area contributed by atoms with Crippen molar-refractivity contribution in [2.24, 2.45) is 5.92 Å². The van der Waals surface area contributed by atoms with Crippen molar-refractivity contribution in [1.82, 2.24) is 9.97 Å². The van der Waals surface area contributed by atoms with Gasteiger partial charge in [0.25, 0.3) is 0 Å². The van der Waals surface area contributed by atoms with Crippen molar-refractivity contribution in [2.45, 2.75) is 27.2 Å². The molecule has 0 spiro atoms. The van der Waals surface area contributed by atoms with Gasteiger partial charge in [-0.2, -0.15) is 0 Å². The fraction of sp³-hybridized carbons (Fsp3) is 0.185. The van der Waals surface area contributed by atoms with E-state index in [4.69, 9.17) is 0 Å². The predicted octanol–water partition coefficient (Wildman–Crippen LogP) is 6.60. The Kier molecular flexibility index (Phi) is 9.60. The molecular formula is C27H26IrN2-2. The zero-order chi connectivity index (χ0) is 20.5. The molecule has 0 aliphatic rings. The molecule has 0 aliphatic heterocycles. The second kappa shape index (κ2) is 12.2. The van der Waals surface area contributed by atoms with Gasteiger partial charge in [-0.05, 0) is 35.9 Å². The summed E-state index contributed by atoms with van der Waals surface area (Å²) in [5, 5.41) is 0. The number of rotatable bonds is 4. The molecule has 2 aromatic heterocycles. The van der Waals surface area contributed by atoms with E-state index < -0.39 is 0 Å². The monoisotopic (exact) mass is 571 g/mol. The van der Waals surface area contributed by atoms with E-state index in [1.54, 1.807) is 6.20 Å². The Morgan fingerprint density at radius 1 is 0.767 bits per heavy atom. The number of hydrogen-bond donors (Lipinski definition) is 0. The standard InChI is InChI=1S/C16H18N.C11H8N.Ir/c1-12(2)9-14-7-8-17-16(11-14)15-6-4-5-13(3)10-15;1-2-6-10(7-3-1)11-8-4-5-9-12-11;/h4-5,7-8,10-12H,9H2,1-3H3;1-6,8-9H;/q2*-1;. The van der Waals surface area contributed by atoms with E-state index in [1.807, 2.05) is 54.7 Å². The fourth-order valence-electron chi connectivity index (χ4n) is 3.02. The number of benzene rings is 2. The molecule has 0 atom stereocenters. The number of aromatic nitrogens is 2. The Labute approximate surface area is 193 Å². The van der Waals surface area contributed by atoms with Gasteiger partial charge in [0.2, 0.25) is 0 Å². The van der Waals surface area contributed by atoms with Crippen LogP contribution in [-0.2, 0) is 26.5 Å². The van der Waals surface area contributed by atoms with E-state index in [9.17, 15) is 0 Å². The molecule has 0 saturated heterocycles. The Morgan fingerprint density at radius 2 is 1.53 bits per heavy atom. The molecule has 4 aromatic rings. The minimum Gasteiger partial charge on any atom is -0.305 e. The summed E-state index contributed by atoms with van der Waals surface area (Å²) in [6, 6.07) is 30.5. The van der Waals surface area contributed by atoms with E-state index in [1.165, 1.54) is 11.1 Å². The van der Waals surface area contributed by atoms with Gasteiger partial charge in [0, 0.05) is 32.5 Å². The first-order chi connectivity index (χ1) is 14.1. The van der Waals surface area contributed by atoms with Crippen LogP contribution < -0.4 is 0 Å². The summed E-state index contributed by atoms with van der Waals surface area (Å²) in [5.74, 6) is 0.673. The smallest absolute Gasteiger partial charge is 0.0163 e. The normalized spacial score (nSPS) is 10.0. The maximum absolute atomic E-state index is 4.43. The van der Waals surface area contributed by atoms with Crippen molar-refractivity contribution in [3.8, 4) is 22.5 Å². The van der Waals surface area contributed by atoms with Crippen LogP contribution in [0.1, 0.15) is 25.0 Å². The first kappa shape index (κ1) is 23.7. The molecule has 0 fully saturated rings. The third kappa shape index (κ3) is 7.33. The summed E-state index contributed by atoms with van der Waals surface area (Å²) in [6.45, 7) is 6.56. The Bertz CT molecular complexity index is 977. The number of pyridine rings is 2. The molecule has 2 aromatic carbocycles. The van der Waals surface area contributed by atoms with Gasteiger partial charge in [0.15, 0.2) is 0 Å². The Balaban J connectivity index is 0.000000218. The van der Waals surface area contributed by atoms with E-state index in [2.05, 4.69) is 67.1 Å². The zero-order valence-corrected chi connectivity index (χ0v) is 20.0. The third-order valence-electron chi connectivity index (χ3n) is 4.35. The molecule has 30 heavy (non-hydrogen) atoms. The summed E-state index contributed by atoms with van der Waals surface area (Å²) >= 11 is 0. The van der Waals surface area contributed by atoms with Crippen LogP contribution >= 0.6 is 0 Å². The van der Waals surface area contributed by atoms with Crippen LogP contribution in [0.2, 0.25) is 0 Å². The summed E-state index contributed by atoms with van der Waals surface area (Å²) < 4.78 is 0. The van der Waals surface area contributed by atoms with E-state index in [-0.39, 0.29) is 20.1 Å². The zero-order valence-electron chi connectivity index (χ0n) is 17.6. The van der Waals surface area contributed by atoms with Gasteiger partial charge in [0.05, 0.1) is 0 Å². The van der Waals surface area contributed by atoms with Crippen molar-refractivity contribution in [2.75, 3.05) is 0 Å². The van der Waals surface area contributed by atoms with Gasteiger partial charge in [0.1, 0.15) is 0 Å². The van der Waals surface area contributed by atoms with Crippen LogP contribution in [0, 0.1) is 25.0 Å². The molecule has 155 valence electrons. The molecule has 0 N–H and O–H groups in total. The number of hydrogen-bond acceptors (Lipinski definition) is 2. The van der Waals surface area contributed by atoms with Crippen molar-refractivity contribution < 1.29 is 20.1 Å². The minimum atomic E-state index is 0. The summed E-state index contributed by atoms with van der Waals surface area (Å²) in [5.41, 5.74) is 6.70. The van der Waals surface area contributed by atoms with Crippen LogP contribution in [0.5, 0.6) is 0 Å². The van der Waals surface area contributed by atoms with E-state index >= 15 is 0 Å². The van der Waals surface area contributed by atoms with Gasteiger partial charge in [-0.3, -0.25) is 0 Å². The van der Waals surface area contributed by atoms with Crippen LogP contribution in [0.25, 0.3) is 22.5 Å². The maximum Gasteiger partial charge on any atom is 0.0163 e. The van der Waals surface area contributed by atoms with Crippen LogP contribution in [0.3, 0.4) is 0 Å². The van der Waals surface area contributed by atoms with Crippen molar-refractivity contribution in [3.05, 3.63) is 108 Å². The van der Waals surface area contributed by atoms with Gasteiger partial charge in [-0.15, -0.1) is 71.3 Å². The number of nitrogens with zero attached hydrogens (tertiary/aromatic N) is 2. The molecule has 0 amide bonds. The molecular weight excluding hydrogens is 545 g/mol. The van der Waals surface area contributed by atoms with Crippen LogP contribution in [-0.4, -0.2) is 9.97 Å². The molecule has 0 saturated carbocycles. The third-order valence-corrected chi connectivity index (χ3v) is 4.35. The van der Waals surface area contributed by atoms with Gasteiger partial charge < -0.3 is 9.97 Å². The van der Waals surface area contributed by atoms with Crippen molar-refractivity contribution in [3.63, 3.8) is 0 Å². The predicted molar refractivity (Wildman–Crippen MR) is 120 cm³/mol. The molecule has 3 heteroatoms. The van der Waals surface area contributed by atoms with Crippen LogP contribution in [0.15, 0.2) is 85.2 Å². The average Bonchev–Trinajstić information content (AvgIpc) is 2.75. The molecule has 0 aliphatic carbocycles. The fourth-order valence-corrected chi connectivity index (χ4v) is 3.02. The Morgan fingerprint density at radius 3 is 2.20 bits per heavy atom. The summed E-state index contributed by atoms with van der Waals surface area (Å²) in [6.07, 6.45) is 4.78. The van der Waals surface area contributed by atoms with Gasteiger partial charge in [-0.25, -0.2) is 0 Å². The van der Waals surface area contributed by atoms with Gasteiger partial charge >= 0.3 is 0 Å². The second-order valence-corrected chi connectivity index (χ2v) is 7.42. The molecule has 1 radical (unpaired) electrons. The average molecular weight is 571 g/mol. The Hall–Kier alpha value is -2.61.